The predicted octanol–water partition coefficient (Wildman–Crippen LogP) is 1.88. The van der Waals surface area contributed by atoms with Crippen molar-refractivity contribution in [3.05, 3.63) is 11.7 Å². The van der Waals surface area contributed by atoms with Crippen LogP contribution in [0.5, 0.6) is 0 Å². The maximum Gasteiger partial charge on any atom is 0.228 e. The topological polar surface area (TPSA) is 51.0 Å². The molecule has 0 aromatic carbocycles. The Kier molecular flexibility index (Phi) is 3.36. The van der Waals surface area contributed by atoms with Gasteiger partial charge in [0.1, 0.15) is 0 Å². The Balaban J connectivity index is 1.88. The lowest BCUT2D eigenvalue weighted by Gasteiger charge is -2.20. The summed E-state index contributed by atoms with van der Waals surface area (Å²) in [6, 6.07) is 0.407. The van der Waals surface area contributed by atoms with Gasteiger partial charge in [-0.15, -0.1) is 0 Å². The molecule has 1 N–H and O–H groups in total. The molecule has 1 aromatic rings. The smallest absolute Gasteiger partial charge is 0.228 e. The molecule has 4 heteroatoms. The van der Waals surface area contributed by atoms with Crippen LogP contribution < -0.4 is 5.32 Å². The minimum atomic E-state index is 0.407. The van der Waals surface area contributed by atoms with Crippen LogP contribution in [0.2, 0.25) is 0 Å². The molecule has 2 rings (SSSR count). The average molecular weight is 209 g/mol. The van der Waals surface area contributed by atoms with Gasteiger partial charge >= 0.3 is 0 Å². The molecule has 0 aliphatic heterocycles. The van der Waals surface area contributed by atoms with Gasteiger partial charge in [-0.2, -0.15) is 4.98 Å². The third-order valence-corrected chi connectivity index (χ3v) is 2.99. The first kappa shape index (κ1) is 10.6. The Hall–Kier alpha value is -0.900. The highest BCUT2D eigenvalue weighted by atomic mass is 16.5. The molecule has 1 aromatic heterocycles. The molecule has 1 unspecified atom stereocenters. The molecule has 4 nitrogen and oxygen atoms in total. The quantitative estimate of drug-likeness (QED) is 0.804. The van der Waals surface area contributed by atoms with Gasteiger partial charge in [-0.05, 0) is 26.3 Å². The maximum absolute atomic E-state index is 5.24. The number of rotatable bonds is 5. The van der Waals surface area contributed by atoms with E-state index in [2.05, 4.69) is 29.3 Å². The number of nitrogens with one attached hydrogen (secondary N) is 1. The molecule has 1 saturated carbocycles. The SMILES string of the molecule is CCNC(C)Cc1nc(C2CCC2)no1. The van der Waals surface area contributed by atoms with Crippen molar-refractivity contribution in [2.75, 3.05) is 6.54 Å². The number of hydrogen-bond acceptors (Lipinski definition) is 4. The lowest BCUT2D eigenvalue weighted by Crippen LogP contribution is -2.27. The second-order valence-corrected chi connectivity index (χ2v) is 4.34. The van der Waals surface area contributed by atoms with E-state index in [1.54, 1.807) is 0 Å². The Morgan fingerprint density at radius 2 is 2.33 bits per heavy atom. The van der Waals surface area contributed by atoms with Gasteiger partial charge in [0.2, 0.25) is 5.89 Å². The van der Waals surface area contributed by atoms with Crippen LogP contribution in [0.15, 0.2) is 4.52 Å². The third-order valence-electron chi connectivity index (χ3n) is 2.99. The lowest BCUT2D eigenvalue weighted by molar-refractivity contribution is 0.340. The lowest BCUT2D eigenvalue weighted by atomic mass is 9.85. The van der Waals surface area contributed by atoms with Crippen molar-refractivity contribution in [1.29, 1.82) is 0 Å². The fourth-order valence-corrected chi connectivity index (χ4v) is 1.87. The molecule has 0 amide bonds. The van der Waals surface area contributed by atoms with Crippen molar-refractivity contribution in [2.24, 2.45) is 0 Å². The molecule has 1 aliphatic rings. The molecule has 0 radical (unpaired) electrons. The van der Waals surface area contributed by atoms with Crippen molar-refractivity contribution in [3.8, 4) is 0 Å². The Morgan fingerprint density at radius 1 is 1.53 bits per heavy atom. The Morgan fingerprint density at radius 3 is 2.93 bits per heavy atom. The molecule has 1 atom stereocenters. The fraction of sp³-hybridized carbons (Fsp3) is 0.818. The molecule has 0 saturated heterocycles. The van der Waals surface area contributed by atoms with Gasteiger partial charge in [0.05, 0.1) is 0 Å². The molecule has 84 valence electrons. The zero-order valence-corrected chi connectivity index (χ0v) is 9.49. The van der Waals surface area contributed by atoms with Crippen LogP contribution in [-0.4, -0.2) is 22.7 Å². The van der Waals surface area contributed by atoms with Gasteiger partial charge in [0.25, 0.3) is 0 Å². The first-order valence-corrected chi connectivity index (χ1v) is 5.85. The third kappa shape index (κ3) is 2.56. The van der Waals surface area contributed by atoms with E-state index < -0.39 is 0 Å². The van der Waals surface area contributed by atoms with Gasteiger partial charge in [0.15, 0.2) is 5.82 Å². The summed E-state index contributed by atoms with van der Waals surface area (Å²) >= 11 is 0. The Bertz CT molecular complexity index is 307. The van der Waals surface area contributed by atoms with E-state index in [0.717, 1.165) is 24.7 Å². The summed E-state index contributed by atoms with van der Waals surface area (Å²) in [6.45, 7) is 5.21. The zero-order valence-electron chi connectivity index (χ0n) is 9.49. The summed E-state index contributed by atoms with van der Waals surface area (Å²) in [6.07, 6.45) is 4.58. The molecule has 0 spiro atoms. The van der Waals surface area contributed by atoms with Crippen LogP contribution in [-0.2, 0) is 6.42 Å². The second kappa shape index (κ2) is 4.75. The van der Waals surface area contributed by atoms with Crippen molar-refractivity contribution >= 4 is 0 Å². The van der Waals surface area contributed by atoms with Gasteiger partial charge in [-0.25, -0.2) is 0 Å². The van der Waals surface area contributed by atoms with Gasteiger partial charge in [-0.1, -0.05) is 18.5 Å². The molecular weight excluding hydrogens is 190 g/mol. The first-order chi connectivity index (χ1) is 7.29. The summed E-state index contributed by atoms with van der Waals surface area (Å²) in [5.41, 5.74) is 0. The number of aromatic nitrogens is 2. The number of nitrogens with zero attached hydrogens (tertiary/aromatic N) is 2. The number of likely N-dealkylation sites (N-methyl/N-ethyl adjacent to an activating group) is 1. The zero-order chi connectivity index (χ0) is 10.7. The van der Waals surface area contributed by atoms with Crippen LogP contribution in [0.3, 0.4) is 0 Å². The Labute approximate surface area is 90.4 Å². The van der Waals surface area contributed by atoms with Crippen molar-refractivity contribution in [1.82, 2.24) is 15.5 Å². The van der Waals surface area contributed by atoms with Crippen LogP contribution in [0.1, 0.15) is 50.7 Å². The summed E-state index contributed by atoms with van der Waals surface area (Å²) in [7, 11) is 0. The first-order valence-electron chi connectivity index (χ1n) is 5.85. The normalized spacial score (nSPS) is 18.8. The molecule has 1 heterocycles. The fourth-order valence-electron chi connectivity index (χ4n) is 1.87. The highest BCUT2D eigenvalue weighted by Gasteiger charge is 2.24. The van der Waals surface area contributed by atoms with Crippen LogP contribution in [0.25, 0.3) is 0 Å². The predicted molar refractivity (Wildman–Crippen MR) is 57.7 cm³/mol. The molecular formula is C11H19N3O. The molecule has 1 aliphatic carbocycles. The highest BCUT2D eigenvalue weighted by molar-refractivity contribution is 5.00. The number of hydrogen-bond donors (Lipinski definition) is 1. The van der Waals surface area contributed by atoms with Crippen LogP contribution in [0, 0.1) is 0 Å². The maximum atomic E-state index is 5.24. The summed E-state index contributed by atoms with van der Waals surface area (Å²) < 4.78 is 5.24. The van der Waals surface area contributed by atoms with Crippen molar-refractivity contribution in [2.45, 2.75) is 51.5 Å². The monoisotopic (exact) mass is 209 g/mol. The van der Waals surface area contributed by atoms with Gasteiger partial charge < -0.3 is 9.84 Å². The van der Waals surface area contributed by atoms with Crippen LogP contribution >= 0.6 is 0 Å². The summed E-state index contributed by atoms with van der Waals surface area (Å²) in [5.74, 6) is 2.25. The van der Waals surface area contributed by atoms with E-state index in [9.17, 15) is 0 Å². The van der Waals surface area contributed by atoms with E-state index in [1.807, 2.05) is 0 Å². The largest absolute Gasteiger partial charge is 0.339 e. The van der Waals surface area contributed by atoms with E-state index in [-0.39, 0.29) is 0 Å². The van der Waals surface area contributed by atoms with E-state index in [1.165, 1.54) is 19.3 Å². The van der Waals surface area contributed by atoms with E-state index >= 15 is 0 Å². The van der Waals surface area contributed by atoms with Crippen molar-refractivity contribution in [3.63, 3.8) is 0 Å². The molecule has 1 fully saturated rings. The van der Waals surface area contributed by atoms with Crippen LogP contribution in [0.4, 0.5) is 0 Å². The molecule has 15 heavy (non-hydrogen) atoms. The average Bonchev–Trinajstić information content (AvgIpc) is 2.50. The summed E-state index contributed by atoms with van der Waals surface area (Å²) in [5, 5.41) is 7.37. The standard InChI is InChI=1S/C11H19N3O/c1-3-12-8(2)7-10-13-11(14-15-10)9-5-4-6-9/h8-9,12H,3-7H2,1-2H3. The minimum absolute atomic E-state index is 0.407. The second-order valence-electron chi connectivity index (χ2n) is 4.34. The van der Waals surface area contributed by atoms with Gasteiger partial charge in [-0.3, -0.25) is 0 Å². The van der Waals surface area contributed by atoms with Crippen molar-refractivity contribution < 1.29 is 4.52 Å². The summed E-state index contributed by atoms with van der Waals surface area (Å²) in [4.78, 5) is 4.44. The van der Waals surface area contributed by atoms with Gasteiger partial charge in [0, 0.05) is 18.4 Å². The minimum Gasteiger partial charge on any atom is -0.339 e. The van der Waals surface area contributed by atoms with E-state index in [0.29, 0.717) is 12.0 Å². The van der Waals surface area contributed by atoms with E-state index in [4.69, 9.17) is 4.52 Å². The molecule has 0 bridgehead atoms. The highest BCUT2D eigenvalue weighted by Crippen LogP contribution is 2.34.